The highest BCUT2D eigenvalue weighted by Crippen LogP contribution is 2.42. The van der Waals surface area contributed by atoms with Crippen molar-refractivity contribution in [1.82, 2.24) is 10.2 Å². The van der Waals surface area contributed by atoms with E-state index in [1.54, 1.807) is 0 Å². The van der Waals surface area contributed by atoms with Gasteiger partial charge < -0.3 is 10.2 Å². The predicted molar refractivity (Wildman–Crippen MR) is 128 cm³/mol. The van der Waals surface area contributed by atoms with Gasteiger partial charge in [0, 0.05) is 26.2 Å². The second kappa shape index (κ2) is 10.8. The van der Waals surface area contributed by atoms with Crippen LogP contribution in [0.3, 0.4) is 0 Å². The van der Waals surface area contributed by atoms with Gasteiger partial charge in [-0.1, -0.05) is 39.5 Å². The summed E-state index contributed by atoms with van der Waals surface area (Å²) in [6, 6.07) is 0. The summed E-state index contributed by atoms with van der Waals surface area (Å²) in [5.74, 6) is 2.48. The lowest BCUT2D eigenvalue weighted by atomic mass is 9.74. The molecule has 1 N–H and O–H groups in total. The predicted octanol–water partition coefficient (Wildman–Crippen LogP) is 4.08. The molecule has 1 saturated carbocycles. The lowest BCUT2D eigenvalue weighted by Crippen LogP contribution is -2.51. The van der Waals surface area contributed by atoms with Crippen LogP contribution in [0, 0.1) is 17.3 Å². The van der Waals surface area contributed by atoms with Crippen LogP contribution >= 0.6 is 24.0 Å². The molecule has 1 aliphatic carbocycles. The second-order valence-electron chi connectivity index (χ2n) is 9.65. The molecule has 2 saturated heterocycles. The van der Waals surface area contributed by atoms with Crippen molar-refractivity contribution in [3.8, 4) is 0 Å². The van der Waals surface area contributed by atoms with Crippen molar-refractivity contribution in [3.05, 3.63) is 0 Å². The first kappa shape index (κ1) is 24.2. The van der Waals surface area contributed by atoms with Crippen LogP contribution in [0.25, 0.3) is 0 Å². The highest BCUT2D eigenvalue weighted by atomic mass is 127. The summed E-state index contributed by atoms with van der Waals surface area (Å²) < 4.78 is 23.5. The minimum Gasteiger partial charge on any atom is -0.356 e. The van der Waals surface area contributed by atoms with E-state index in [4.69, 9.17) is 4.99 Å². The summed E-state index contributed by atoms with van der Waals surface area (Å²) in [7, 11) is -2.81. The molecule has 0 aromatic carbocycles. The minimum atomic E-state index is -2.81. The quantitative estimate of drug-likeness (QED) is 0.342. The Labute approximate surface area is 189 Å². The molecule has 1 spiro atoms. The van der Waals surface area contributed by atoms with Crippen LogP contribution in [-0.4, -0.2) is 57.0 Å². The van der Waals surface area contributed by atoms with Gasteiger partial charge in [-0.2, -0.15) is 0 Å². The van der Waals surface area contributed by atoms with Gasteiger partial charge in [-0.3, -0.25) is 4.99 Å². The van der Waals surface area contributed by atoms with Gasteiger partial charge in [0.2, 0.25) is 0 Å². The van der Waals surface area contributed by atoms with Crippen molar-refractivity contribution in [2.45, 2.75) is 71.6 Å². The molecule has 0 aromatic heterocycles. The third-order valence-corrected chi connectivity index (χ3v) is 8.44. The lowest BCUT2D eigenvalue weighted by molar-refractivity contribution is 0.115. The van der Waals surface area contributed by atoms with Crippen LogP contribution in [0.4, 0.5) is 0 Å². The first-order chi connectivity index (χ1) is 12.9. The number of hydrogen-bond donors (Lipinski definition) is 1. The number of sulfone groups is 1. The minimum absolute atomic E-state index is 0. The maximum atomic E-state index is 11.8. The van der Waals surface area contributed by atoms with Crippen molar-refractivity contribution in [3.63, 3.8) is 0 Å². The standard InChI is InChI=1S/C21H39N3O2S.HI/c1-18(2)14-22-20(23-15-19-8-13-27(25,26)16-19)24-12-7-11-21(17-24)9-5-3-4-6-10-21;/h18-19H,3-17H2,1-2H3,(H,22,23);1H. The number of guanidine groups is 1. The van der Waals surface area contributed by atoms with Crippen molar-refractivity contribution in [2.75, 3.05) is 37.7 Å². The van der Waals surface area contributed by atoms with E-state index in [1.807, 2.05) is 0 Å². The van der Waals surface area contributed by atoms with Gasteiger partial charge >= 0.3 is 0 Å². The number of piperidine rings is 1. The first-order valence-corrected chi connectivity index (χ1v) is 12.9. The molecule has 1 atom stereocenters. The molecule has 7 heteroatoms. The van der Waals surface area contributed by atoms with Gasteiger partial charge in [0.05, 0.1) is 11.5 Å². The van der Waals surface area contributed by atoms with Gasteiger partial charge in [0.1, 0.15) is 0 Å². The van der Waals surface area contributed by atoms with E-state index in [0.29, 0.717) is 22.8 Å². The molecule has 1 unspecified atom stereocenters. The Morgan fingerprint density at radius 3 is 2.43 bits per heavy atom. The molecule has 3 rings (SSSR count). The SMILES string of the molecule is CC(C)CN=C(NCC1CCS(=O)(=O)C1)N1CCCC2(CCCCCC2)C1.I. The van der Waals surface area contributed by atoms with Crippen molar-refractivity contribution < 1.29 is 8.42 Å². The molecule has 2 aliphatic heterocycles. The van der Waals surface area contributed by atoms with E-state index in [-0.39, 0.29) is 29.9 Å². The fourth-order valence-corrected chi connectivity index (χ4v) is 6.94. The fourth-order valence-electron chi connectivity index (χ4n) is 5.08. The van der Waals surface area contributed by atoms with Crippen LogP contribution < -0.4 is 5.32 Å². The average molecular weight is 526 g/mol. The van der Waals surface area contributed by atoms with Crippen molar-refractivity contribution >= 4 is 39.8 Å². The molecule has 28 heavy (non-hydrogen) atoms. The number of rotatable bonds is 4. The van der Waals surface area contributed by atoms with Crippen LogP contribution in [-0.2, 0) is 9.84 Å². The van der Waals surface area contributed by atoms with E-state index in [1.165, 1.54) is 51.4 Å². The zero-order valence-corrected chi connectivity index (χ0v) is 20.9. The number of halogens is 1. The first-order valence-electron chi connectivity index (χ1n) is 11.1. The maximum Gasteiger partial charge on any atom is 0.193 e. The highest BCUT2D eigenvalue weighted by Gasteiger charge is 2.37. The third kappa shape index (κ3) is 7.03. The zero-order chi connectivity index (χ0) is 19.3. The second-order valence-corrected chi connectivity index (χ2v) is 11.9. The summed E-state index contributed by atoms with van der Waals surface area (Å²) in [5.41, 5.74) is 0.478. The summed E-state index contributed by atoms with van der Waals surface area (Å²) in [6.07, 6.45) is 11.7. The molecule has 2 heterocycles. The van der Waals surface area contributed by atoms with E-state index < -0.39 is 9.84 Å². The molecule has 0 radical (unpaired) electrons. The molecule has 3 fully saturated rings. The third-order valence-electron chi connectivity index (χ3n) is 6.61. The lowest BCUT2D eigenvalue weighted by Gasteiger charge is -2.44. The molecule has 3 aliphatic rings. The Morgan fingerprint density at radius 1 is 1.14 bits per heavy atom. The maximum absolute atomic E-state index is 11.8. The Kier molecular flexibility index (Phi) is 9.36. The zero-order valence-electron chi connectivity index (χ0n) is 17.8. The topological polar surface area (TPSA) is 61.8 Å². The van der Waals surface area contributed by atoms with Gasteiger partial charge in [-0.05, 0) is 49.4 Å². The van der Waals surface area contributed by atoms with Gasteiger partial charge in [-0.25, -0.2) is 8.42 Å². The summed E-state index contributed by atoms with van der Waals surface area (Å²) in [6.45, 7) is 8.17. The number of aliphatic imine (C=N–C) groups is 1. The largest absolute Gasteiger partial charge is 0.356 e. The van der Waals surface area contributed by atoms with Crippen LogP contribution in [0.1, 0.15) is 71.6 Å². The van der Waals surface area contributed by atoms with Crippen LogP contribution in [0.15, 0.2) is 4.99 Å². The van der Waals surface area contributed by atoms with Gasteiger partial charge in [0.15, 0.2) is 15.8 Å². The van der Waals surface area contributed by atoms with E-state index in [9.17, 15) is 8.42 Å². The van der Waals surface area contributed by atoms with E-state index >= 15 is 0 Å². The molecular weight excluding hydrogens is 485 g/mol. The fraction of sp³-hybridized carbons (Fsp3) is 0.952. The number of likely N-dealkylation sites (tertiary alicyclic amines) is 1. The Balaban J connectivity index is 0.00000280. The normalized spacial score (nSPS) is 27.5. The van der Waals surface area contributed by atoms with Crippen molar-refractivity contribution in [2.24, 2.45) is 22.2 Å². The summed E-state index contributed by atoms with van der Waals surface area (Å²) in [5, 5.41) is 3.57. The Bertz CT molecular complexity index is 613. The number of nitrogens with one attached hydrogen (secondary N) is 1. The molecule has 0 bridgehead atoms. The Hall–Kier alpha value is -0.0500. The molecular formula is C21H40IN3O2S. The summed E-state index contributed by atoms with van der Waals surface area (Å²) >= 11 is 0. The number of hydrogen-bond acceptors (Lipinski definition) is 3. The molecule has 164 valence electrons. The van der Waals surface area contributed by atoms with E-state index in [2.05, 4.69) is 24.1 Å². The highest BCUT2D eigenvalue weighted by molar-refractivity contribution is 14.0. The monoisotopic (exact) mass is 525 g/mol. The molecule has 0 amide bonds. The van der Waals surface area contributed by atoms with Crippen molar-refractivity contribution in [1.29, 1.82) is 0 Å². The van der Waals surface area contributed by atoms with E-state index in [0.717, 1.165) is 38.6 Å². The molecule has 0 aromatic rings. The average Bonchev–Trinajstić information content (AvgIpc) is 2.82. The van der Waals surface area contributed by atoms with Gasteiger partial charge in [-0.15, -0.1) is 24.0 Å². The Morgan fingerprint density at radius 2 is 1.82 bits per heavy atom. The summed E-state index contributed by atoms with van der Waals surface area (Å²) in [4.78, 5) is 7.41. The number of nitrogens with zero attached hydrogens (tertiary/aromatic N) is 2. The molecule has 5 nitrogen and oxygen atoms in total. The van der Waals surface area contributed by atoms with Crippen LogP contribution in [0.5, 0.6) is 0 Å². The van der Waals surface area contributed by atoms with Crippen LogP contribution in [0.2, 0.25) is 0 Å². The van der Waals surface area contributed by atoms with Gasteiger partial charge in [0.25, 0.3) is 0 Å². The smallest absolute Gasteiger partial charge is 0.193 e.